The van der Waals surface area contributed by atoms with Crippen molar-refractivity contribution in [3.63, 3.8) is 0 Å². The van der Waals surface area contributed by atoms with Gasteiger partial charge in [0.15, 0.2) is 0 Å². The van der Waals surface area contributed by atoms with Gasteiger partial charge in [-0.25, -0.2) is 0 Å². The van der Waals surface area contributed by atoms with Gasteiger partial charge in [-0.3, -0.25) is 4.79 Å². The van der Waals surface area contributed by atoms with E-state index in [0.29, 0.717) is 17.2 Å². The van der Waals surface area contributed by atoms with E-state index < -0.39 is 5.91 Å². The molecule has 1 heterocycles. The third-order valence-electron chi connectivity index (χ3n) is 3.20. The fourth-order valence-electron chi connectivity index (χ4n) is 2.14. The number of carbonyl (C=O) groups excluding carboxylic acids is 1. The highest BCUT2D eigenvalue weighted by Gasteiger charge is 2.15. The Kier molecular flexibility index (Phi) is 4.04. The highest BCUT2D eigenvalue weighted by Crippen LogP contribution is 2.20. The van der Waals surface area contributed by atoms with E-state index in [-0.39, 0.29) is 0 Å². The molecule has 0 saturated carbocycles. The summed E-state index contributed by atoms with van der Waals surface area (Å²) in [6.07, 6.45) is 2.15. The van der Waals surface area contributed by atoms with Crippen LogP contribution in [-0.2, 0) is 4.74 Å². The molecule has 1 aliphatic rings. The van der Waals surface area contributed by atoms with Gasteiger partial charge in [0.2, 0.25) is 0 Å². The van der Waals surface area contributed by atoms with E-state index in [1.165, 1.54) is 0 Å². The monoisotopic (exact) mass is 249 g/mol. The summed E-state index contributed by atoms with van der Waals surface area (Å²) in [5.41, 5.74) is 12.7. The van der Waals surface area contributed by atoms with Crippen LogP contribution in [0.3, 0.4) is 0 Å². The maximum Gasteiger partial charge on any atom is 0.250 e. The first-order chi connectivity index (χ1) is 8.66. The molecule has 0 radical (unpaired) electrons. The first-order valence-corrected chi connectivity index (χ1v) is 6.18. The van der Waals surface area contributed by atoms with E-state index in [4.69, 9.17) is 16.2 Å². The van der Waals surface area contributed by atoms with E-state index >= 15 is 0 Å². The van der Waals surface area contributed by atoms with Crippen molar-refractivity contribution in [2.45, 2.75) is 12.8 Å². The number of anilines is 2. The second kappa shape index (κ2) is 5.73. The van der Waals surface area contributed by atoms with Gasteiger partial charge in [0.05, 0.1) is 5.56 Å². The molecule has 0 bridgehead atoms. The van der Waals surface area contributed by atoms with Crippen molar-refractivity contribution in [3.8, 4) is 0 Å². The molecule has 1 saturated heterocycles. The van der Waals surface area contributed by atoms with Crippen LogP contribution >= 0.6 is 0 Å². The second-order valence-corrected chi connectivity index (χ2v) is 4.61. The topological polar surface area (TPSA) is 90.4 Å². The van der Waals surface area contributed by atoms with Gasteiger partial charge in [-0.05, 0) is 37.0 Å². The highest BCUT2D eigenvalue weighted by atomic mass is 16.5. The van der Waals surface area contributed by atoms with Crippen molar-refractivity contribution in [1.29, 1.82) is 0 Å². The van der Waals surface area contributed by atoms with Crippen LogP contribution in [0.4, 0.5) is 11.4 Å². The number of amides is 1. The number of benzene rings is 1. The smallest absolute Gasteiger partial charge is 0.250 e. The molecule has 1 unspecified atom stereocenters. The number of nitrogen functional groups attached to an aromatic ring is 1. The summed E-state index contributed by atoms with van der Waals surface area (Å²) >= 11 is 0. The SMILES string of the molecule is NC(=O)c1cc(N)ccc1NCCC1CCOC1. The number of nitrogens with two attached hydrogens (primary N) is 2. The van der Waals surface area contributed by atoms with Crippen molar-refractivity contribution in [2.75, 3.05) is 30.8 Å². The van der Waals surface area contributed by atoms with Gasteiger partial charge in [0.25, 0.3) is 5.91 Å². The number of carbonyl (C=O) groups is 1. The lowest BCUT2D eigenvalue weighted by Crippen LogP contribution is -2.16. The van der Waals surface area contributed by atoms with Crippen LogP contribution < -0.4 is 16.8 Å². The molecular weight excluding hydrogens is 230 g/mol. The van der Waals surface area contributed by atoms with E-state index in [0.717, 1.165) is 38.3 Å². The van der Waals surface area contributed by atoms with Crippen LogP contribution in [0.5, 0.6) is 0 Å². The summed E-state index contributed by atoms with van der Waals surface area (Å²) in [5.74, 6) is 0.150. The Morgan fingerprint density at radius 2 is 2.33 bits per heavy atom. The first kappa shape index (κ1) is 12.7. The molecule has 1 amide bonds. The minimum Gasteiger partial charge on any atom is -0.399 e. The van der Waals surface area contributed by atoms with Gasteiger partial charge in [-0.1, -0.05) is 0 Å². The number of hydrogen-bond acceptors (Lipinski definition) is 4. The van der Waals surface area contributed by atoms with Gasteiger partial charge < -0.3 is 21.5 Å². The molecule has 1 aromatic carbocycles. The van der Waals surface area contributed by atoms with Crippen LogP contribution in [0, 0.1) is 5.92 Å². The molecule has 1 aromatic rings. The van der Waals surface area contributed by atoms with Gasteiger partial charge in [-0.15, -0.1) is 0 Å². The molecule has 1 atom stereocenters. The average molecular weight is 249 g/mol. The first-order valence-electron chi connectivity index (χ1n) is 6.18. The lowest BCUT2D eigenvalue weighted by Gasteiger charge is -2.12. The van der Waals surface area contributed by atoms with Crippen molar-refractivity contribution in [1.82, 2.24) is 0 Å². The van der Waals surface area contributed by atoms with E-state index in [1.54, 1.807) is 18.2 Å². The fourth-order valence-corrected chi connectivity index (χ4v) is 2.14. The number of nitrogens with one attached hydrogen (secondary N) is 1. The molecular formula is C13H19N3O2. The Bertz CT molecular complexity index is 428. The minimum absolute atomic E-state index is 0.442. The Balaban J connectivity index is 1.93. The zero-order chi connectivity index (χ0) is 13.0. The lowest BCUT2D eigenvalue weighted by molar-refractivity contribution is 0.100. The zero-order valence-corrected chi connectivity index (χ0v) is 10.3. The summed E-state index contributed by atoms with van der Waals surface area (Å²) in [6, 6.07) is 5.15. The van der Waals surface area contributed by atoms with Crippen LogP contribution in [0.1, 0.15) is 23.2 Å². The molecule has 1 aliphatic heterocycles. The molecule has 0 aliphatic carbocycles. The molecule has 5 N–H and O–H groups in total. The second-order valence-electron chi connectivity index (χ2n) is 4.61. The summed E-state index contributed by atoms with van der Waals surface area (Å²) < 4.78 is 5.32. The minimum atomic E-state index is -0.464. The van der Waals surface area contributed by atoms with Gasteiger partial charge >= 0.3 is 0 Å². The van der Waals surface area contributed by atoms with Gasteiger partial charge in [0.1, 0.15) is 0 Å². The predicted octanol–water partition coefficient (Wildman–Crippen LogP) is 1.21. The quantitative estimate of drug-likeness (QED) is 0.684. The number of ether oxygens (including phenoxy) is 1. The molecule has 18 heavy (non-hydrogen) atoms. The van der Waals surface area contributed by atoms with E-state index in [1.807, 2.05) is 0 Å². The summed E-state index contributed by atoms with van der Waals surface area (Å²) in [6.45, 7) is 2.50. The maximum atomic E-state index is 11.3. The van der Waals surface area contributed by atoms with Crippen molar-refractivity contribution >= 4 is 17.3 Å². The normalized spacial score (nSPS) is 18.8. The van der Waals surface area contributed by atoms with Gasteiger partial charge in [-0.2, -0.15) is 0 Å². The molecule has 98 valence electrons. The fraction of sp³-hybridized carbons (Fsp3) is 0.462. The standard InChI is InChI=1S/C13H19N3O2/c14-10-1-2-12(11(7-10)13(15)17)16-5-3-9-4-6-18-8-9/h1-2,7,9,16H,3-6,8,14H2,(H2,15,17). The van der Waals surface area contributed by atoms with Crippen molar-refractivity contribution < 1.29 is 9.53 Å². The number of hydrogen-bond donors (Lipinski definition) is 3. The Morgan fingerprint density at radius 1 is 1.50 bits per heavy atom. The summed E-state index contributed by atoms with van der Waals surface area (Å²) in [7, 11) is 0. The van der Waals surface area contributed by atoms with Crippen molar-refractivity contribution in [3.05, 3.63) is 23.8 Å². The lowest BCUT2D eigenvalue weighted by atomic mass is 10.0. The Hall–Kier alpha value is -1.75. The van der Waals surface area contributed by atoms with Crippen LogP contribution in [-0.4, -0.2) is 25.7 Å². The molecule has 2 rings (SSSR count). The molecule has 0 spiro atoms. The average Bonchev–Trinajstić information content (AvgIpc) is 2.84. The predicted molar refractivity (Wildman–Crippen MR) is 71.4 cm³/mol. The van der Waals surface area contributed by atoms with Crippen molar-refractivity contribution in [2.24, 2.45) is 11.7 Å². The number of primary amides is 1. The molecule has 5 heteroatoms. The molecule has 5 nitrogen and oxygen atoms in total. The van der Waals surface area contributed by atoms with E-state index in [2.05, 4.69) is 5.32 Å². The third-order valence-corrected chi connectivity index (χ3v) is 3.20. The van der Waals surface area contributed by atoms with Gasteiger partial charge in [0, 0.05) is 31.1 Å². The van der Waals surface area contributed by atoms with Crippen LogP contribution in [0.2, 0.25) is 0 Å². The largest absolute Gasteiger partial charge is 0.399 e. The van der Waals surface area contributed by atoms with Crippen LogP contribution in [0.25, 0.3) is 0 Å². The Morgan fingerprint density at radius 3 is 3.00 bits per heavy atom. The maximum absolute atomic E-state index is 11.3. The Labute approximate surface area is 106 Å². The van der Waals surface area contributed by atoms with E-state index in [9.17, 15) is 4.79 Å². The molecule has 0 aromatic heterocycles. The summed E-state index contributed by atoms with van der Waals surface area (Å²) in [4.78, 5) is 11.3. The zero-order valence-electron chi connectivity index (χ0n) is 10.3. The number of rotatable bonds is 5. The van der Waals surface area contributed by atoms with Crippen LogP contribution in [0.15, 0.2) is 18.2 Å². The highest BCUT2D eigenvalue weighted by molar-refractivity contribution is 5.99. The summed E-state index contributed by atoms with van der Waals surface area (Å²) in [5, 5.41) is 3.24. The third kappa shape index (κ3) is 3.13. The molecule has 1 fully saturated rings.